The molecule has 14 heavy (non-hydrogen) atoms. The van der Waals surface area contributed by atoms with E-state index in [9.17, 15) is 0 Å². The van der Waals surface area contributed by atoms with Crippen molar-refractivity contribution in [1.29, 1.82) is 0 Å². The minimum Gasteiger partial charge on any atom is -0.448 e. The maximum atomic E-state index is 5.75. The van der Waals surface area contributed by atoms with Crippen LogP contribution in [0.15, 0.2) is 10.8 Å². The lowest BCUT2D eigenvalue weighted by Gasteiger charge is -2.26. The Kier molecular flexibility index (Phi) is 3.59. The second-order valence-electron chi connectivity index (χ2n) is 4.83. The maximum absolute atomic E-state index is 5.75. The van der Waals surface area contributed by atoms with Crippen molar-refractivity contribution >= 4 is 11.6 Å². The highest BCUT2D eigenvalue weighted by molar-refractivity contribution is 6.16. The van der Waals surface area contributed by atoms with Crippen molar-refractivity contribution in [3.05, 3.63) is 17.8 Å². The normalized spacial score (nSPS) is 14.4. The summed E-state index contributed by atoms with van der Waals surface area (Å²) in [7, 11) is 0. The highest BCUT2D eigenvalue weighted by Crippen LogP contribution is 2.29. The molecule has 1 aromatic heterocycles. The topological polar surface area (TPSA) is 26.0 Å². The summed E-state index contributed by atoms with van der Waals surface area (Å²) in [6.07, 6.45) is 2.38. The smallest absolute Gasteiger partial charge is 0.181 e. The lowest BCUT2D eigenvalue weighted by atomic mass is 9.79. The zero-order chi connectivity index (χ0) is 10.8. The molecule has 2 nitrogen and oxygen atoms in total. The largest absolute Gasteiger partial charge is 0.448 e. The lowest BCUT2D eigenvalue weighted by Crippen LogP contribution is -2.19. The van der Waals surface area contributed by atoms with E-state index in [0.717, 1.165) is 17.9 Å². The summed E-state index contributed by atoms with van der Waals surface area (Å²) in [4.78, 5) is 4.07. The van der Waals surface area contributed by atoms with Crippen LogP contribution in [0.3, 0.4) is 0 Å². The molecule has 0 fully saturated rings. The molecule has 0 saturated heterocycles. The van der Waals surface area contributed by atoms with Crippen molar-refractivity contribution in [2.45, 2.75) is 40.0 Å². The van der Waals surface area contributed by atoms with E-state index >= 15 is 0 Å². The third-order valence-electron chi connectivity index (χ3n) is 2.82. The molecule has 0 bridgehead atoms. The van der Waals surface area contributed by atoms with E-state index in [4.69, 9.17) is 16.0 Å². The monoisotopic (exact) mass is 215 g/mol. The molecule has 1 heterocycles. The second kappa shape index (κ2) is 4.35. The van der Waals surface area contributed by atoms with Crippen molar-refractivity contribution in [3.8, 4) is 0 Å². The molecule has 0 amide bonds. The summed E-state index contributed by atoms with van der Waals surface area (Å²) in [5.74, 6) is 1.92. The van der Waals surface area contributed by atoms with Gasteiger partial charge in [0.25, 0.3) is 0 Å². The zero-order valence-electron chi connectivity index (χ0n) is 9.30. The fraction of sp³-hybridized carbons (Fsp3) is 0.727. The number of oxazole rings is 1. The standard InChI is InChI=1S/C11H18ClNO/c1-8(11(2,3)4)5-10-9(6-12)13-7-14-10/h7-8H,5-6H2,1-4H3. The second-order valence-corrected chi connectivity index (χ2v) is 5.09. The van der Waals surface area contributed by atoms with E-state index in [2.05, 4.69) is 32.7 Å². The van der Waals surface area contributed by atoms with Gasteiger partial charge in [-0.05, 0) is 11.3 Å². The number of nitrogens with zero attached hydrogens (tertiary/aromatic N) is 1. The average molecular weight is 216 g/mol. The van der Waals surface area contributed by atoms with Crippen LogP contribution in [-0.2, 0) is 12.3 Å². The van der Waals surface area contributed by atoms with E-state index in [1.165, 1.54) is 6.39 Å². The SMILES string of the molecule is CC(Cc1ocnc1CCl)C(C)(C)C. The first-order valence-electron chi connectivity index (χ1n) is 4.92. The third-order valence-corrected chi connectivity index (χ3v) is 3.08. The Morgan fingerprint density at radius 2 is 2.14 bits per heavy atom. The van der Waals surface area contributed by atoms with Crippen LogP contribution in [-0.4, -0.2) is 4.98 Å². The van der Waals surface area contributed by atoms with E-state index in [1.54, 1.807) is 0 Å². The maximum Gasteiger partial charge on any atom is 0.181 e. The van der Waals surface area contributed by atoms with Gasteiger partial charge in [0.1, 0.15) is 5.76 Å². The van der Waals surface area contributed by atoms with E-state index in [-0.39, 0.29) is 5.41 Å². The first-order chi connectivity index (χ1) is 6.45. The predicted octanol–water partition coefficient (Wildman–Crippen LogP) is 3.64. The molecule has 0 aliphatic carbocycles. The van der Waals surface area contributed by atoms with Gasteiger partial charge < -0.3 is 4.42 Å². The molecular weight excluding hydrogens is 198 g/mol. The van der Waals surface area contributed by atoms with Crippen molar-refractivity contribution in [2.24, 2.45) is 11.3 Å². The van der Waals surface area contributed by atoms with Crippen LogP contribution in [0.1, 0.15) is 39.1 Å². The van der Waals surface area contributed by atoms with Gasteiger partial charge in [0.15, 0.2) is 6.39 Å². The Balaban J connectivity index is 2.69. The van der Waals surface area contributed by atoms with Gasteiger partial charge in [-0.25, -0.2) is 4.98 Å². The zero-order valence-corrected chi connectivity index (χ0v) is 10.1. The van der Waals surface area contributed by atoms with Gasteiger partial charge >= 0.3 is 0 Å². The van der Waals surface area contributed by atoms with Gasteiger partial charge in [-0.3, -0.25) is 0 Å². The minimum atomic E-state index is 0.288. The highest BCUT2D eigenvalue weighted by atomic mass is 35.5. The Labute approximate surface area is 90.7 Å². The summed E-state index contributed by atoms with van der Waals surface area (Å²) in [5.41, 5.74) is 1.17. The molecule has 1 atom stereocenters. The van der Waals surface area contributed by atoms with Gasteiger partial charge in [-0.1, -0.05) is 27.7 Å². The molecule has 0 aliphatic heterocycles. The molecule has 1 aromatic rings. The molecule has 0 aromatic carbocycles. The van der Waals surface area contributed by atoms with Gasteiger partial charge in [-0.15, -0.1) is 11.6 Å². The molecule has 0 saturated carbocycles. The van der Waals surface area contributed by atoms with Crippen LogP contribution >= 0.6 is 11.6 Å². The summed E-state index contributed by atoms with van der Waals surface area (Å²) in [6.45, 7) is 8.91. The predicted molar refractivity (Wildman–Crippen MR) is 58.4 cm³/mol. The first kappa shape index (κ1) is 11.6. The quantitative estimate of drug-likeness (QED) is 0.720. The molecule has 1 unspecified atom stereocenters. The van der Waals surface area contributed by atoms with Gasteiger partial charge in [0.2, 0.25) is 0 Å². The number of hydrogen-bond donors (Lipinski definition) is 0. The van der Waals surface area contributed by atoms with E-state index in [1.807, 2.05) is 0 Å². The number of halogens is 1. The van der Waals surface area contributed by atoms with Crippen molar-refractivity contribution in [2.75, 3.05) is 0 Å². The number of hydrogen-bond acceptors (Lipinski definition) is 2. The van der Waals surface area contributed by atoms with Crippen LogP contribution in [0.4, 0.5) is 0 Å². The number of aromatic nitrogens is 1. The number of rotatable bonds is 3. The van der Waals surface area contributed by atoms with Crippen LogP contribution in [0.2, 0.25) is 0 Å². The van der Waals surface area contributed by atoms with Gasteiger partial charge in [0, 0.05) is 6.42 Å². The number of alkyl halides is 1. The minimum absolute atomic E-state index is 0.288. The van der Waals surface area contributed by atoms with E-state index in [0.29, 0.717) is 11.8 Å². The summed E-state index contributed by atoms with van der Waals surface area (Å²) in [6, 6.07) is 0. The summed E-state index contributed by atoms with van der Waals surface area (Å²) in [5, 5.41) is 0. The molecule has 80 valence electrons. The molecule has 0 radical (unpaired) electrons. The first-order valence-corrected chi connectivity index (χ1v) is 5.45. The Hall–Kier alpha value is -0.500. The summed E-state index contributed by atoms with van der Waals surface area (Å²) < 4.78 is 5.33. The molecule has 0 aliphatic rings. The van der Waals surface area contributed by atoms with E-state index < -0.39 is 0 Å². The average Bonchev–Trinajstić information content (AvgIpc) is 2.50. The van der Waals surface area contributed by atoms with Crippen molar-refractivity contribution in [3.63, 3.8) is 0 Å². The van der Waals surface area contributed by atoms with Crippen LogP contribution in [0, 0.1) is 11.3 Å². The van der Waals surface area contributed by atoms with Crippen LogP contribution in [0.5, 0.6) is 0 Å². The van der Waals surface area contributed by atoms with Crippen molar-refractivity contribution in [1.82, 2.24) is 4.98 Å². The van der Waals surface area contributed by atoms with Gasteiger partial charge in [-0.2, -0.15) is 0 Å². The fourth-order valence-corrected chi connectivity index (χ4v) is 1.37. The van der Waals surface area contributed by atoms with Gasteiger partial charge in [0.05, 0.1) is 11.6 Å². The molecule has 0 N–H and O–H groups in total. The molecule has 3 heteroatoms. The molecule has 0 spiro atoms. The third kappa shape index (κ3) is 2.74. The van der Waals surface area contributed by atoms with Crippen molar-refractivity contribution < 1.29 is 4.42 Å². The summed E-state index contributed by atoms with van der Waals surface area (Å²) >= 11 is 5.75. The Morgan fingerprint density at radius 3 is 2.64 bits per heavy atom. The Morgan fingerprint density at radius 1 is 1.50 bits per heavy atom. The molecular formula is C11H18ClNO. The lowest BCUT2D eigenvalue weighted by molar-refractivity contribution is 0.247. The molecule has 1 rings (SSSR count). The van der Waals surface area contributed by atoms with Crippen LogP contribution < -0.4 is 0 Å². The Bertz CT molecular complexity index is 288. The van der Waals surface area contributed by atoms with Crippen LogP contribution in [0.25, 0.3) is 0 Å². The highest BCUT2D eigenvalue weighted by Gasteiger charge is 2.22. The fourth-order valence-electron chi connectivity index (χ4n) is 1.15.